The van der Waals surface area contributed by atoms with Crippen molar-refractivity contribution in [2.45, 2.75) is 24.4 Å². The number of hydrogen-bond donors (Lipinski definition) is 2. The van der Waals surface area contributed by atoms with Gasteiger partial charge in [0.15, 0.2) is 5.76 Å². The molecule has 0 aliphatic carbocycles. The van der Waals surface area contributed by atoms with E-state index in [-0.39, 0.29) is 29.5 Å². The van der Waals surface area contributed by atoms with Crippen LogP contribution in [0.25, 0.3) is 0 Å². The van der Waals surface area contributed by atoms with Crippen molar-refractivity contribution in [2.75, 3.05) is 26.2 Å². The number of benzene rings is 1. The number of carbonyl (C=O) groups is 2. The molecule has 1 aromatic carbocycles. The van der Waals surface area contributed by atoms with Crippen LogP contribution in [0.3, 0.4) is 0 Å². The van der Waals surface area contributed by atoms with Crippen LogP contribution in [0.5, 0.6) is 0 Å². The molecule has 0 unspecified atom stereocenters. The molecule has 1 fully saturated rings. The topological polar surface area (TPSA) is 109 Å². The van der Waals surface area contributed by atoms with Crippen molar-refractivity contribution in [3.8, 4) is 0 Å². The molecule has 2 heterocycles. The predicted molar refractivity (Wildman–Crippen MR) is 102 cm³/mol. The summed E-state index contributed by atoms with van der Waals surface area (Å²) in [6, 6.07) is 8.13. The smallest absolute Gasteiger partial charge is 0.287 e. The maximum absolute atomic E-state index is 13.5. The van der Waals surface area contributed by atoms with Crippen molar-refractivity contribution < 1.29 is 26.8 Å². The van der Waals surface area contributed by atoms with Crippen LogP contribution in [0.1, 0.15) is 40.2 Å². The predicted octanol–water partition coefficient (Wildman–Crippen LogP) is 1.75. The first kappa shape index (κ1) is 21.0. The highest BCUT2D eigenvalue weighted by Crippen LogP contribution is 2.22. The Balaban J connectivity index is 1.50. The second kappa shape index (κ2) is 9.19. The molecule has 29 heavy (non-hydrogen) atoms. The van der Waals surface area contributed by atoms with Gasteiger partial charge in [0.2, 0.25) is 5.09 Å². The number of nitrogens with zero attached hydrogens (tertiary/aromatic N) is 1. The summed E-state index contributed by atoms with van der Waals surface area (Å²) in [7, 11) is -3.75. The number of nitrogens with one attached hydrogen (secondary N) is 2. The minimum absolute atomic E-state index is 0.0634. The Bertz CT molecular complexity index is 983. The number of amides is 2. The van der Waals surface area contributed by atoms with Crippen molar-refractivity contribution in [3.05, 3.63) is 53.5 Å². The SMILES string of the molecule is O=C(NCCNC(=O)c1ccccc1F)c1ccc(S(=O)(=O)N2CCCCC2)o1. The van der Waals surface area contributed by atoms with E-state index in [1.165, 1.54) is 34.6 Å². The maximum atomic E-state index is 13.5. The lowest BCUT2D eigenvalue weighted by molar-refractivity contribution is 0.0905. The van der Waals surface area contributed by atoms with Crippen molar-refractivity contribution in [3.63, 3.8) is 0 Å². The number of furan rings is 1. The first-order chi connectivity index (χ1) is 13.9. The van der Waals surface area contributed by atoms with Gasteiger partial charge in [-0.05, 0) is 37.1 Å². The molecule has 2 N–H and O–H groups in total. The van der Waals surface area contributed by atoms with Crippen LogP contribution in [-0.2, 0) is 10.0 Å². The summed E-state index contributed by atoms with van der Waals surface area (Å²) in [5.41, 5.74) is -0.0857. The zero-order chi connectivity index (χ0) is 20.9. The molecule has 2 amide bonds. The summed E-state index contributed by atoms with van der Waals surface area (Å²) < 4.78 is 45.2. The van der Waals surface area contributed by atoms with E-state index in [9.17, 15) is 22.4 Å². The molecular formula is C19H22FN3O5S. The Morgan fingerprint density at radius 2 is 1.62 bits per heavy atom. The van der Waals surface area contributed by atoms with Crippen LogP contribution in [0.15, 0.2) is 45.9 Å². The second-order valence-corrected chi connectivity index (χ2v) is 8.44. The first-order valence-corrected chi connectivity index (χ1v) is 10.7. The van der Waals surface area contributed by atoms with Gasteiger partial charge >= 0.3 is 0 Å². The van der Waals surface area contributed by atoms with Crippen LogP contribution in [0.2, 0.25) is 0 Å². The highest BCUT2D eigenvalue weighted by atomic mass is 32.2. The lowest BCUT2D eigenvalue weighted by Gasteiger charge is -2.24. The summed E-state index contributed by atoms with van der Waals surface area (Å²) in [6.07, 6.45) is 2.59. The van der Waals surface area contributed by atoms with E-state index < -0.39 is 27.7 Å². The molecule has 10 heteroatoms. The van der Waals surface area contributed by atoms with Crippen molar-refractivity contribution in [1.82, 2.24) is 14.9 Å². The molecule has 1 aliphatic rings. The molecule has 156 valence electrons. The Labute approximate surface area is 168 Å². The number of sulfonamides is 1. The molecule has 1 saturated heterocycles. The third-order valence-electron chi connectivity index (χ3n) is 4.53. The number of halogens is 1. The minimum Gasteiger partial charge on any atom is -0.438 e. The van der Waals surface area contributed by atoms with Gasteiger partial charge in [-0.3, -0.25) is 9.59 Å². The van der Waals surface area contributed by atoms with Crippen molar-refractivity contribution in [1.29, 1.82) is 0 Å². The van der Waals surface area contributed by atoms with E-state index in [0.717, 1.165) is 19.3 Å². The van der Waals surface area contributed by atoms with Crippen LogP contribution >= 0.6 is 0 Å². The Hall–Kier alpha value is -2.72. The fourth-order valence-electron chi connectivity index (χ4n) is 2.99. The van der Waals surface area contributed by atoms with Crippen LogP contribution in [0, 0.1) is 5.82 Å². The highest BCUT2D eigenvalue weighted by molar-refractivity contribution is 7.89. The molecule has 3 rings (SSSR count). The summed E-state index contributed by atoms with van der Waals surface area (Å²) >= 11 is 0. The molecule has 0 radical (unpaired) electrons. The van der Waals surface area contributed by atoms with Gasteiger partial charge in [0.05, 0.1) is 5.56 Å². The number of piperidine rings is 1. The average molecular weight is 423 g/mol. The summed E-state index contributed by atoms with van der Waals surface area (Å²) in [5, 5.41) is 4.74. The van der Waals surface area contributed by atoms with Crippen LogP contribution in [0.4, 0.5) is 4.39 Å². The van der Waals surface area contributed by atoms with Gasteiger partial charge in [-0.1, -0.05) is 18.6 Å². The van der Waals surface area contributed by atoms with Crippen LogP contribution < -0.4 is 10.6 Å². The highest BCUT2D eigenvalue weighted by Gasteiger charge is 2.29. The van der Waals surface area contributed by atoms with Gasteiger partial charge in [-0.25, -0.2) is 12.8 Å². The number of carbonyl (C=O) groups excluding carboxylic acids is 2. The minimum atomic E-state index is -3.75. The van der Waals surface area contributed by atoms with Gasteiger partial charge < -0.3 is 15.1 Å². The Morgan fingerprint density at radius 1 is 0.966 bits per heavy atom. The standard InChI is InChI=1S/C19H22FN3O5S/c20-15-7-3-2-6-14(15)18(24)21-10-11-22-19(25)16-8-9-17(28-16)29(26,27)23-12-4-1-5-13-23/h2-3,6-9H,1,4-5,10-13H2,(H,21,24)(H,22,25). The first-order valence-electron chi connectivity index (χ1n) is 9.30. The van der Waals surface area contributed by atoms with Gasteiger partial charge in [-0.15, -0.1) is 0 Å². The van der Waals surface area contributed by atoms with Crippen LogP contribution in [-0.4, -0.2) is 50.7 Å². The molecule has 1 aliphatic heterocycles. The molecule has 0 saturated carbocycles. The van der Waals surface area contributed by atoms with Gasteiger partial charge in [0, 0.05) is 26.2 Å². The van der Waals surface area contributed by atoms with E-state index in [4.69, 9.17) is 4.42 Å². The van der Waals surface area contributed by atoms with E-state index in [2.05, 4.69) is 10.6 Å². The molecule has 1 aromatic heterocycles. The fourth-order valence-corrected chi connectivity index (χ4v) is 4.42. The summed E-state index contributed by atoms with van der Waals surface area (Å²) in [6.45, 7) is 1.00. The third kappa shape index (κ3) is 5.01. The van der Waals surface area contributed by atoms with E-state index in [1.807, 2.05) is 0 Å². The number of hydrogen-bond acceptors (Lipinski definition) is 5. The van der Waals surface area contributed by atoms with Gasteiger partial charge in [0.1, 0.15) is 5.82 Å². The van der Waals surface area contributed by atoms with Crippen molar-refractivity contribution >= 4 is 21.8 Å². The average Bonchev–Trinajstić information content (AvgIpc) is 3.23. The molecule has 8 nitrogen and oxygen atoms in total. The Kier molecular flexibility index (Phi) is 6.65. The van der Waals surface area contributed by atoms with Gasteiger partial charge in [-0.2, -0.15) is 4.31 Å². The fraction of sp³-hybridized carbons (Fsp3) is 0.368. The molecular weight excluding hydrogens is 401 g/mol. The van der Waals surface area contributed by atoms with E-state index in [1.54, 1.807) is 6.07 Å². The van der Waals surface area contributed by atoms with E-state index >= 15 is 0 Å². The van der Waals surface area contributed by atoms with Gasteiger partial charge in [0.25, 0.3) is 21.8 Å². The zero-order valence-corrected chi connectivity index (χ0v) is 16.5. The maximum Gasteiger partial charge on any atom is 0.287 e. The monoisotopic (exact) mass is 423 g/mol. The normalized spacial score (nSPS) is 15.1. The van der Waals surface area contributed by atoms with Crippen molar-refractivity contribution in [2.24, 2.45) is 0 Å². The van der Waals surface area contributed by atoms with E-state index in [0.29, 0.717) is 13.1 Å². The Morgan fingerprint density at radius 3 is 2.31 bits per heavy atom. The lowest BCUT2D eigenvalue weighted by Crippen LogP contribution is -2.35. The molecule has 0 spiro atoms. The largest absolute Gasteiger partial charge is 0.438 e. The summed E-state index contributed by atoms with van der Waals surface area (Å²) in [4.78, 5) is 24.0. The molecule has 0 atom stereocenters. The quantitative estimate of drug-likeness (QED) is 0.660. The molecule has 0 bridgehead atoms. The molecule has 2 aromatic rings. The zero-order valence-electron chi connectivity index (χ0n) is 15.7. The summed E-state index contributed by atoms with van der Waals surface area (Å²) in [5.74, 6) is -1.97. The third-order valence-corrected chi connectivity index (χ3v) is 6.30. The second-order valence-electron chi connectivity index (χ2n) is 6.58. The lowest BCUT2D eigenvalue weighted by atomic mass is 10.2. The number of rotatable bonds is 7.